The second-order valence-corrected chi connectivity index (χ2v) is 5.02. The Labute approximate surface area is 110 Å². The summed E-state index contributed by atoms with van der Waals surface area (Å²) in [6.45, 7) is 2.42. The van der Waals surface area contributed by atoms with Crippen LogP contribution in [-0.4, -0.2) is 13.1 Å². The standard InChI is InChI=1S/C15H19N.ClH/c1-2-4-15-13(3-1)5-6-14(15)11-12-7-9-16-10-8-12;/h1-6,12,14,16H,7-11H2;1H. The first-order valence-electron chi connectivity index (χ1n) is 6.41. The lowest BCUT2D eigenvalue weighted by atomic mass is 9.85. The number of piperidine rings is 1. The summed E-state index contributed by atoms with van der Waals surface area (Å²) < 4.78 is 0. The third-order valence-electron chi connectivity index (χ3n) is 3.95. The van der Waals surface area contributed by atoms with Gasteiger partial charge >= 0.3 is 0 Å². The average molecular weight is 250 g/mol. The van der Waals surface area contributed by atoms with Crippen molar-refractivity contribution in [3.63, 3.8) is 0 Å². The highest BCUT2D eigenvalue weighted by molar-refractivity contribution is 5.85. The molecular formula is C15H20ClN. The maximum atomic E-state index is 3.44. The zero-order valence-corrected chi connectivity index (χ0v) is 10.9. The molecule has 1 fully saturated rings. The highest BCUT2D eigenvalue weighted by Crippen LogP contribution is 2.36. The highest BCUT2D eigenvalue weighted by atomic mass is 35.5. The van der Waals surface area contributed by atoms with Gasteiger partial charge in [-0.2, -0.15) is 0 Å². The van der Waals surface area contributed by atoms with Crippen LogP contribution in [0.3, 0.4) is 0 Å². The van der Waals surface area contributed by atoms with E-state index in [1.165, 1.54) is 37.9 Å². The molecule has 0 radical (unpaired) electrons. The Morgan fingerprint density at radius 3 is 2.71 bits per heavy atom. The molecule has 3 rings (SSSR count). The van der Waals surface area contributed by atoms with E-state index in [-0.39, 0.29) is 12.4 Å². The fourth-order valence-corrected chi connectivity index (χ4v) is 3.01. The second kappa shape index (κ2) is 5.70. The minimum atomic E-state index is 0. The third kappa shape index (κ3) is 2.72. The first kappa shape index (κ1) is 12.7. The molecule has 1 N–H and O–H groups in total. The number of hydrogen-bond acceptors (Lipinski definition) is 1. The van der Waals surface area contributed by atoms with Crippen molar-refractivity contribution in [3.05, 3.63) is 41.5 Å². The fraction of sp³-hybridized carbons (Fsp3) is 0.467. The van der Waals surface area contributed by atoms with Crippen LogP contribution in [0.1, 0.15) is 36.3 Å². The van der Waals surface area contributed by atoms with Crippen LogP contribution >= 0.6 is 12.4 Å². The van der Waals surface area contributed by atoms with Gasteiger partial charge in [-0.25, -0.2) is 0 Å². The Morgan fingerprint density at radius 1 is 1.12 bits per heavy atom. The number of allylic oxidation sites excluding steroid dienone is 1. The molecule has 1 nitrogen and oxygen atoms in total. The van der Waals surface area contributed by atoms with Crippen LogP contribution in [-0.2, 0) is 0 Å². The fourth-order valence-electron chi connectivity index (χ4n) is 3.01. The van der Waals surface area contributed by atoms with Crippen molar-refractivity contribution in [1.82, 2.24) is 5.32 Å². The van der Waals surface area contributed by atoms with Gasteiger partial charge < -0.3 is 5.32 Å². The Kier molecular flexibility index (Phi) is 4.25. The van der Waals surface area contributed by atoms with Gasteiger partial charge in [-0.1, -0.05) is 36.4 Å². The summed E-state index contributed by atoms with van der Waals surface area (Å²) in [7, 11) is 0. The molecule has 1 aromatic rings. The molecule has 0 saturated carbocycles. The summed E-state index contributed by atoms with van der Waals surface area (Å²) in [5, 5.41) is 3.44. The van der Waals surface area contributed by atoms with Crippen LogP contribution in [0.25, 0.3) is 6.08 Å². The molecule has 0 aromatic heterocycles. The molecule has 92 valence electrons. The number of hydrogen-bond donors (Lipinski definition) is 1. The Hall–Kier alpha value is -0.790. The van der Waals surface area contributed by atoms with Crippen molar-refractivity contribution in [3.8, 4) is 0 Å². The molecule has 1 aliphatic heterocycles. The molecule has 1 aliphatic carbocycles. The van der Waals surface area contributed by atoms with Gasteiger partial charge in [0.25, 0.3) is 0 Å². The van der Waals surface area contributed by atoms with E-state index >= 15 is 0 Å². The number of nitrogens with one attached hydrogen (secondary N) is 1. The van der Waals surface area contributed by atoms with Gasteiger partial charge in [0.1, 0.15) is 0 Å². The maximum Gasteiger partial charge on any atom is 0.00298 e. The van der Waals surface area contributed by atoms with Crippen LogP contribution < -0.4 is 5.32 Å². The molecule has 1 aromatic carbocycles. The van der Waals surface area contributed by atoms with Crippen LogP contribution in [0.2, 0.25) is 0 Å². The van der Waals surface area contributed by atoms with E-state index in [1.807, 2.05) is 0 Å². The second-order valence-electron chi connectivity index (χ2n) is 5.02. The number of rotatable bonds is 2. The minimum Gasteiger partial charge on any atom is -0.317 e. The zero-order valence-electron chi connectivity index (χ0n) is 10.1. The van der Waals surface area contributed by atoms with Gasteiger partial charge in [0.2, 0.25) is 0 Å². The van der Waals surface area contributed by atoms with Gasteiger partial charge in [0.05, 0.1) is 0 Å². The zero-order chi connectivity index (χ0) is 10.8. The van der Waals surface area contributed by atoms with Crippen LogP contribution in [0.5, 0.6) is 0 Å². The van der Waals surface area contributed by atoms with E-state index in [4.69, 9.17) is 0 Å². The molecule has 1 unspecified atom stereocenters. The SMILES string of the molecule is C1=CC(CC2CCNCC2)c2ccccc21.Cl. The molecule has 0 spiro atoms. The van der Waals surface area contributed by atoms with Crippen molar-refractivity contribution in [2.75, 3.05) is 13.1 Å². The first-order valence-corrected chi connectivity index (χ1v) is 6.41. The molecule has 2 aliphatic rings. The molecular weight excluding hydrogens is 230 g/mol. The average Bonchev–Trinajstić information content (AvgIpc) is 2.74. The summed E-state index contributed by atoms with van der Waals surface area (Å²) in [4.78, 5) is 0. The normalized spacial score (nSPS) is 23.2. The molecule has 1 atom stereocenters. The molecule has 1 saturated heterocycles. The Balaban J connectivity index is 0.00000108. The summed E-state index contributed by atoms with van der Waals surface area (Å²) in [6.07, 6.45) is 8.74. The minimum absolute atomic E-state index is 0. The lowest BCUT2D eigenvalue weighted by molar-refractivity contribution is 0.345. The Morgan fingerprint density at radius 2 is 1.88 bits per heavy atom. The van der Waals surface area contributed by atoms with Gasteiger partial charge in [-0.3, -0.25) is 0 Å². The van der Waals surface area contributed by atoms with Crippen LogP contribution in [0.4, 0.5) is 0 Å². The molecule has 2 heteroatoms. The first-order chi connectivity index (χ1) is 7.93. The van der Waals surface area contributed by atoms with Gasteiger partial charge in [0.15, 0.2) is 0 Å². The number of fused-ring (bicyclic) bond motifs is 1. The van der Waals surface area contributed by atoms with Gasteiger partial charge in [-0.05, 0) is 49.4 Å². The lowest BCUT2D eigenvalue weighted by Gasteiger charge is -2.25. The quantitative estimate of drug-likeness (QED) is 0.845. The monoisotopic (exact) mass is 249 g/mol. The molecule has 1 heterocycles. The van der Waals surface area contributed by atoms with Crippen molar-refractivity contribution in [2.45, 2.75) is 25.2 Å². The summed E-state index contributed by atoms with van der Waals surface area (Å²) >= 11 is 0. The largest absolute Gasteiger partial charge is 0.317 e. The Bertz CT molecular complexity index is 394. The summed E-state index contributed by atoms with van der Waals surface area (Å²) in [5.41, 5.74) is 2.97. The van der Waals surface area contributed by atoms with Crippen molar-refractivity contribution in [2.24, 2.45) is 5.92 Å². The van der Waals surface area contributed by atoms with E-state index in [9.17, 15) is 0 Å². The third-order valence-corrected chi connectivity index (χ3v) is 3.95. The molecule has 0 bridgehead atoms. The maximum absolute atomic E-state index is 3.44. The predicted molar refractivity (Wildman–Crippen MR) is 75.7 cm³/mol. The molecule has 0 amide bonds. The van der Waals surface area contributed by atoms with E-state index in [0.717, 1.165) is 5.92 Å². The van der Waals surface area contributed by atoms with Crippen molar-refractivity contribution in [1.29, 1.82) is 0 Å². The highest BCUT2D eigenvalue weighted by Gasteiger charge is 2.22. The topological polar surface area (TPSA) is 12.0 Å². The van der Waals surface area contributed by atoms with E-state index in [1.54, 1.807) is 5.56 Å². The van der Waals surface area contributed by atoms with Crippen molar-refractivity contribution >= 4 is 18.5 Å². The van der Waals surface area contributed by atoms with E-state index < -0.39 is 0 Å². The van der Waals surface area contributed by atoms with Gasteiger partial charge in [0, 0.05) is 5.92 Å². The summed E-state index contributed by atoms with van der Waals surface area (Å²) in [6, 6.07) is 8.83. The molecule has 17 heavy (non-hydrogen) atoms. The summed E-state index contributed by atoms with van der Waals surface area (Å²) in [5.74, 6) is 1.60. The predicted octanol–water partition coefficient (Wildman–Crippen LogP) is 3.61. The number of benzene rings is 1. The smallest absolute Gasteiger partial charge is 0.00298 e. The van der Waals surface area contributed by atoms with E-state index in [0.29, 0.717) is 5.92 Å². The number of halogens is 1. The van der Waals surface area contributed by atoms with E-state index in [2.05, 4.69) is 41.7 Å². The van der Waals surface area contributed by atoms with Crippen LogP contribution in [0.15, 0.2) is 30.3 Å². The van der Waals surface area contributed by atoms with Gasteiger partial charge in [-0.15, -0.1) is 12.4 Å². The van der Waals surface area contributed by atoms with Crippen molar-refractivity contribution < 1.29 is 0 Å². The lowest BCUT2D eigenvalue weighted by Crippen LogP contribution is -2.28. The van der Waals surface area contributed by atoms with Crippen LogP contribution in [0, 0.1) is 5.92 Å².